The van der Waals surface area contributed by atoms with Crippen molar-refractivity contribution in [1.82, 2.24) is 0 Å². The van der Waals surface area contributed by atoms with E-state index in [9.17, 15) is 18.3 Å². The number of allylic oxidation sites excluding steroid dienone is 1. The number of hydrogen-bond donors (Lipinski definition) is 1. The third kappa shape index (κ3) is 3.78. The van der Waals surface area contributed by atoms with Crippen molar-refractivity contribution in [3.63, 3.8) is 0 Å². The third-order valence-corrected chi connectivity index (χ3v) is 9.46. The van der Waals surface area contributed by atoms with Gasteiger partial charge in [0, 0.05) is 16.7 Å². The molecule has 0 bridgehead atoms. The Morgan fingerprint density at radius 3 is 2.55 bits per heavy atom. The fraction of sp³-hybridized carbons (Fsp3) is 0.630. The average Bonchev–Trinajstić information content (AvgIpc) is 3.10. The van der Waals surface area contributed by atoms with Gasteiger partial charge in [-0.25, -0.2) is 0 Å². The normalized spacial score (nSPS) is 39.8. The van der Waals surface area contributed by atoms with Crippen LogP contribution >= 0.6 is 0 Å². The molecule has 0 radical (unpaired) electrons. The maximum atomic E-state index is 13.3. The van der Waals surface area contributed by atoms with Crippen molar-refractivity contribution in [1.29, 1.82) is 0 Å². The average molecular weight is 459 g/mol. The Morgan fingerprint density at radius 2 is 1.76 bits per heavy atom. The lowest BCUT2D eigenvalue weighted by Gasteiger charge is -2.57. The van der Waals surface area contributed by atoms with Crippen LogP contribution in [-0.4, -0.2) is 23.1 Å². The maximum absolute atomic E-state index is 13.3. The molecule has 4 aliphatic rings. The quantitative estimate of drug-likeness (QED) is 0.296. The number of nitrogens with zero attached hydrogens (tertiary/aromatic N) is 2. The molecule has 6 atom stereocenters. The van der Waals surface area contributed by atoms with Gasteiger partial charge in [0.05, 0.1) is 17.9 Å². The Balaban J connectivity index is 1.38. The molecular formula is C27H33F3N2O. The number of rotatable bonds is 2. The molecule has 6 unspecified atom stereocenters. The van der Waals surface area contributed by atoms with Crippen LogP contribution in [-0.2, 0) is 6.18 Å². The Hall–Kier alpha value is -1.95. The van der Waals surface area contributed by atoms with E-state index in [1.165, 1.54) is 23.9 Å². The first kappa shape index (κ1) is 22.8. The highest BCUT2D eigenvalue weighted by Gasteiger charge is 2.57. The second kappa shape index (κ2) is 8.07. The van der Waals surface area contributed by atoms with Crippen molar-refractivity contribution >= 4 is 11.9 Å². The Morgan fingerprint density at radius 1 is 1.03 bits per heavy atom. The van der Waals surface area contributed by atoms with Crippen LogP contribution < -0.4 is 0 Å². The zero-order valence-corrected chi connectivity index (χ0v) is 19.4. The first-order valence-electron chi connectivity index (χ1n) is 12.3. The third-order valence-electron chi connectivity index (χ3n) is 9.46. The van der Waals surface area contributed by atoms with Gasteiger partial charge in [0.2, 0.25) is 0 Å². The highest BCUT2D eigenvalue weighted by atomic mass is 19.4. The lowest BCUT2D eigenvalue weighted by atomic mass is 9.48. The molecule has 6 heteroatoms. The summed E-state index contributed by atoms with van der Waals surface area (Å²) < 4.78 is 39.8. The fourth-order valence-corrected chi connectivity index (χ4v) is 7.62. The van der Waals surface area contributed by atoms with Gasteiger partial charge in [0.1, 0.15) is 0 Å². The van der Waals surface area contributed by atoms with E-state index in [1.54, 1.807) is 6.07 Å². The summed E-state index contributed by atoms with van der Waals surface area (Å²) in [6, 6.07) is 5.50. The largest absolute Gasteiger partial charge is 0.417 e. The second-order valence-electron chi connectivity index (χ2n) is 11.0. The molecule has 3 nitrogen and oxygen atoms in total. The monoisotopic (exact) mass is 458 g/mol. The highest BCUT2D eigenvalue weighted by Crippen LogP contribution is 2.64. The van der Waals surface area contributed by atoms with E-state index in [1.807, 2.05) is 0 Å². The summed E-state index contributed by atoms with van der Waals surface area (Å²) in [5, 5.41) is 18.8. The summed E-state index contributed by atoms with van der Waals surface area (Å²) in [5.41, 5.74) is 2.05. The van der Waals surface area contributed by atoms with Gasteiger partial charge in [-0.15, -0.1) is 0 Å². The van der Waals surface area contributed by atoms with Gasteiger partial charge in [0.25, 0.3) is 0 Å². The number of halogens is 3. The smallest absolute Gasteiger partial charge is 0.393 e. The van der Waals surface area contributed by atoms with Crippen LogP contribution in [0.1, 0.15) is 76.3 Å². The molecule has 178 valence electrons. The van der Waals surface area contributed by atoms with E-state index in [4.69, 9.17) is 0 Å². The molecule has 1 N–H and O–H groups in total. The molecule has 4 aliphatic carbocycles. The second-order valence-corrected chi connectivity index (χ2v) is 11.0. The predicted octanol–water partition coefficient (Wildman–Crippen LogP) is 6.80. The SMILES string of the molecule is CC12CCC(O)CC1=CCC1C2CCC2(C)/C(=N\N=C\c3ccccc3C(F)(F)F)CCC12. The molecule has 1 aromatic carbocycles. The highest BCUT2D eigenvalue weighted by molar-refractivity contribution is 5.93. The molecule has 0 amide bonds. The van der Waals surface area contributed by atoms with E-state index in [0.717, 1.165) is 63.1 Å². The topological polar surface area (TPSA) is 45.0 Å². The van der Waals surface area contributed by atoms with Crippen molar-refractivity contribution in [2.24, 2.45) is 38.8 Å². The van der Waals surface area contributed by atoms with E-state index >= 15 is 0 Å². The molecule has 0 aromatic heterocycles. The van der Waals surface area contributed by atoms with Crippen LogP contribution in [0.4, 0.5) is 13.2 Å². The molecule has 1 aromatic rings. The fourth-order valence-electron chi connectivity index (χ4n) is 7.62. The number of aliphatic hydroxyl groups excluding tert-OH is 1. The minimum Gasteiger partial charge on any atom is -0.393 e. The van der Waals surface area contributed by atoms with Gasteiger partial charge in [-0.05, 0) is 80.6 Å². The molecule has 33 heavy (non-hydrogen) atoms. The van der Waals surface area contributed by atoms with Crippen molar-refractivity contribution < 1.29 is 18.3 Å². The van der Waals surface area contributed by atoms with Crippen molar-refractivity contribution in [3.8, 4) is 0 Å². The van der Waals surface area contributed by atoms with Crippen LogP contribution in [0.2, 0.25) is 0 Å². The first-order chi connectivity index (χ1) is 15.6. The van der Waals surface area contributed by atoms with Crippen LogP contribution in [0, 0.1) is 28.6 Å². The van der Waals surface area contributed by atoms with Gasteiger partial charge in [-0.3, -0.25) is 0 Å². The predicted molar refractivity (Wildman–Crippen MR) is 124 cm³/mol. The van der Waals surface area contributed by atoms with Crippen molar-refractivity contribution in [2.75, 3.05) is 0 Å². The zero-order chi connectivity index (χ0) is 23.4. The minimum atomic E-state index is -4.41. The molecular weight excluding hydrogens is 425 g/mol. The van der Waals surface area contributed by atoms with E-state index < -0.39 is 11.7 Å². The summed E-state index contributed by atoms with van der Waals surface area (Å²) in [5.74, 6) is 1.79. The summed E-state index contributed by atoms with van der Waals surface area (Å²) in [6.07, 6.45) is 7.05. The van der Waals surface area contributed by atoms with Gasteiger partial charge in [-0.2, -0.15) is 23.4 Å². The molecule has 3 saturated carbocycles. The van der Waals surface area contributed by atoms with E-state index in [-0.39, 0.29) is 22.5 Å². The molecule has 0 saturated heterocycles. The van der Waals surface area contributed by atoms with E-state index in [0.29, 0.717) is 17.8 Å². The minimum absolute atomic E-state index is 0.0298. The van der Waals surface area contributed by atoms with Crippen molar-refractivity contribution in [2.45, 2.75) is 77.5 Å². The lowest BCUT2D eigenvalue weighted by molar-refractivity contribution is -0.137. The van der Waals surface area contributed by atoms with Gasteiger partial charge < -0.3 is 5.11 Å². The number of hydrogen-bond acceptors (Lipinski definition) is 3. The zero-order valence-electron chi connectivity index (χ0n) is 19.4. The molecule has 0 spiro atoms. The van der Waals surface area contributed by atoms with Gasteiger partial charge in [0.15, 0.2) is 0 Å². The summed E-state index contributed by atoms with van der Waals surface area (Å²) in [4.78, 5) is 0. The van der Waals surface area contributed by atoms with Crippen LogP contribution in [0.3, 0.4) is 0 Å². The number of fused-ring (bicyclic) bond motifs is 5. The molecule has 3 fully saturated rings. The van der Waals surface area contributed by atoms with Crippen LogP contribution in [0.5, 0.6) is 0 Å². The Kier molecular flexibility index (Phi) is 5.58. The van der Waals surface area contributed by atoms with E-state index in [2.05, 4.69) is 30.1 Å². The summed E-state index contributed by atoms with van der Waals surface area (Å²) in [7, 11) is 0. The Bertz CT molecular complexity index is 1010. The van der Waals surface area contributed by atoms with Crippen molar-refractivity contribution in [3.05, 3.63) is 47.0 Å². The first-order valence-corrected chi connectivity index (χ1v) is 12.3. The number of benzene rings is 1. The Labute approximate surface area is 193 Å². The lowest BCUT2D eigenvalue weighted by Crippen LogP contribution is -2.50. The van der Waals surface area contributed by atoms with Crippen LogP contribution in [0.25, 0.3) is 0 Å². The van der Waals surface area contributed by atoms with Gasteiger partial charge >= 0.3 is 6.18 Å². The summed E-state index contributed by atoms with van der Waals surface area (Å²) in [6.45, 7) is 4.71. The van der Waals surface area contributed by atoms with Gasteiger partial charge in [-0.1, -0.05) is 43.7 Å². The molecule has 0 aliphatic heterocycles. The number of aliphatic hydroxyl groups is 1. The maximum Gasteiger partial charge on any atom is 0.417 e. The summed E-state index contributed by atoms with van der Waals surface area (Å²) >= 11 is 0. The molecule has 0 heterocycles. The molecule has 5 rings (SSSR count). The number of alkyl halides is 3. The standard InChI is InChI=1S/C27H33F3N2O/c1-25-13-11-19(33)15-18(25)7-8-20-22-9-10-24(26(22,2)14-12-23(20)25)32-31-16-17-5-3-4-6-21(17)27(28,29)30/h3-7,16,19-20,22-23,33H,8-15H2,1-2H3/b31-16+,32-24-. The van der Waals surface area contributed by atoms with Crippen LogP contribution in [0.15, 0.2) is 46.1 Å².